The van der Waals surface area contributed by atoms with Gasteiger partial charge in [-0.1, -0.05) is 6.07 Å². The zero-order chi connectivity index (χ0) is 12.9. The van der Waals surface area contributed by atoms with Crippen LogP contribution in [0.4, 0.5) is 0 Å². The number of nitrogens with one attached hydrogen (secondary N) is 2. The first-order valence-corrected chi connectivity index (χ1v) is 7.24. The van der Waals surface area contributed by atoms with Gasteiger partial charge in [0.1, 0.15) is 0 Å². The molecule has 0 radical (unpaired) electrons. The molecule has 0 spiro atoms. The molecule has 3 rings (SSSR count). The molecule has 1 fully saturated rings. The second-order valence-corrected chi connectivity index (χ2v) is 5.23. The minimum absolute atomic E-state index is 0.639. The molecule has 1 atom stereocenters. The van der Waals surface area contributed by atoms with E-state index in [4.69, 9.17) is 9.47 Å². The summed E-state index contributed by atoms with van der Waals surface area (Å²) in [6.07, 6.45) is 3.23. The fourth-order valence-corrected chi connectivity index (χ4v) is 2.61. The normalized spacial score (nSPS) is 22.2. The average molecular weight is 262 g/mol. The van der Waals surface area contributed by atoms with Gasteiger partial charge in [0.2, 0.25) is 0 Å². The van der Waals surface area contributed by atoms with Crippen LogP contribution >= 0.6 is 0 Å². The van der Waals surface area contributed by atoms with Crippen LogP contribution in [-0.2, 0) is 6.42 Å². The van der Waals surface area contributed by atoms with Crippen LogP contribution in [0.1, 0.15) is 18.4 Å². The molecule has 2 aliphatic rings. The van der Waals surface area contributed by atoms with Crippen LogP contribution in [-0.4, -0.2) is 38.9 Å². The van der Waals surface area contributed by atoms with Gasteiger partial charge < -0.3 is 20.1 Å². The monoisotopic (exact) mass is 262 g/mol. The van der Waals surface area contributed by atoms with Crippen molar-refractivity contribution in [2.24, 2.45) is 0 Å². The quantitative estimate of drug-likeness (QED) is 0.859. The minimum atomic E-state index is 0.639. The van der Waals surface area contributed by atoms with Crippen LogP contribution in [0.25, 0.3) is 0 Å². The van der Waals surface area contributed by atoms with E-state index in [0.717, 1.165) is 57.2 Å². The highest BCUT2D eigenvalue weighted by molar-refractivity contribution is 5.43. The molecule has 1 aromatic carbocycles. The SMILES string of the molecule is c1cc2c(cc1CCNC1CCNC1)OCCCO2. The molecule has 2 N–H and O–H groups in total. The molecule has 104 valence electrons. The number of hydrogen-bond acceptors (Lipinski definition) is 4. The first kappa shape index (κ1) is 12.8. The van der Waals surface area contributed by atoms with Gasteiger partial charge in [0, 0.05) is 19.0 Å². The first-order chi connectivity index (χ1) is 9.42. The summed E-state index contributed by atoms with van der Waals surface area (Å²) in [5.74, 6) is 1.78. The van der Waals surface area contributed by atoms with Crippen molar-refractivity contribution < 1.29 is 9.47 Å². The van der Waals surface area contributed by atoms with Crippen LogP contribution in [0, 0.1) is 0 Å². The van der Waals surface area contributed by atoms with Gasteiger partial charge in [0.05, 0.1) is 13.2 Å². The van der Waals surface area contributed by atoms with Crippen molar-refractivity contribution in [2.45, 2.75) is 25.3 Å². The third-order valence-electron chi connectivity index (χ3n) is 3.72. The molecule has 1 aromatic rings. The van der Waals surface area contributed by atoms with Crippen LogP contribution in [0.15, 0.2) is 18.2 Å². The molecular weight excluding hydrogens is 240 g/mol. The van der Waals surface area contributed by atoms with E-state index in [-0.39, 0.29) is 0 Å². The van der Waals surface area contributed by atoms with Crippen molar-refractivity contribution >= 4 is 0 Å². The first-order valence-electron chi connectivity index (χ1n) is 7.24. The van der Waals surface area contributed by atoms with E-state index in [0.29, 0.717) is 6.04 Å². The van der Waals surface area contributed by atoms with Crippen molar-refractivity contribution in [3.05, 3.63) is 23.8 Å². The average Bonchev–Trinajstić information content (AvgIpc) is 2.83. The molecule has 1 unspecified atom stereocenters. The molecule has 0 amide bonds. The molecule has 1 saturated heterocycles. The Balaban J connectivity index is 1.54. The van der Waals surface area contributed by atoms with E-state index in [1.54, 1.807) is 0 Å². The molecule has 0 saturated carbocycles. The Morgan fingerprint density at radius 2 is 2.11 bits per heavy atom. The molecule has 2 heterocycles. The van der Waals surface area contributed by atoms with Crippen molar-refractivity contribution in [2.75, 3.05) is 32.8 Å². The van der Waals surface area contributed by atoms with Crippen molar-refractivity contribution in [1.29, 1.82) is 0 Å². The van der Waals surface area contributed by atoms with Gasteiger partial charge in [-0.05, 0) is 43.6 Å². The summed E-state index contributed by atoms with van der Waals surface area (Å²) >= 11 is 0. The van der Waals surface area contributed by atoms with Crippen LogP contribution in [0.3, 0.4) is 0 Å². The molecule has 0 aromatic heterocycles. The number of hydrogen-bond donors (Lipinski definition) is 2. The summed E-state index contributed by atoms with van der Waals surface area (Å²) in [6, 6.07) is 6.94. The van der Waals surface area contributed by atoms with E-state index in [1.807, 2.05) is 6.07 Å². The topological polar surface area (TPSA) is 42.5 Å². The summed E-state index contributed by atoms with van der Waals surface area (Å²) in [4.78, 5) is 0. The van der Waals surface area contributed by atoms with Gasteiger partial charge in [0.25, 0.3) is 0 Å². The van der Waals surface area contributed by atoms with Gasteiger partial charge >= 0.3 is 0 Å². The number of benzene rings is 1. The maximum Gasteiger partial charge on any atom is 0.161 e. The predicted molar refractivity (Wildman–Crippen MR) is 75.0 cm³/mol. The Morgan fingerprint density at radius 3 is 2.95 bits per heavy atom. The smallest absolute Gasteiger partial charge is 0.161 e. The van der Waals surface area contributed by atoms with Gasteiger partial charge in [-0.2, -0.15) is 0 Å². The van der Waals surface area contributed by atoms with Crippen LogP contribution < -0.4 is 20.1 Å². The Bertz CT molecular complexity index is 417. The second kappa shape index (κ2) is 6.26. The predicted octanol–water partition coefficient (Wildman–Crippen LogP) is 1.34. The Labute approximate surface area is 114 Å². The lowest BCUT2D eigenvalue weighted by atomic mass is 10.1. The van der Waals surface area contributed by atoms with Gasteiger partial charge in [-0.3, -0.25) is 0 Å². The molecule has 19 heavy (non-hydrogen) atoms. The van der Waals surface area contributed by atoms with E-state index < -0.39 is 0 Å². The van der Waals surface area contributed by atoms with Crippen molar-refractivity contribution in [3.8, 4) is 11.5 Å². The van der Waals surface area contributed by atoms with Crippen LogP contribution in [0.5, 0.6) is 11.5 Å². The number of ether oxygens (including phenoxy) is 2. The summed E-state index contributed by atoms with van der Waals surface area (Å²) in [5.41, 5.74) is 1.31. The number of rotatable bonds is 4. The molecule has 4 heteroatoms. The van der Waals surface area contributed by atoms with E-state index in [9.17, 15) is 0 Å². The summed E-state index contributed by atoms with van der Waals surface area (Å²) in [6.45, 7) is 4.76. The van der Waals surface area contributed by atoms with Crippen molar-refractivity contribution in [1.82, 2.24) is 10.6 Å². The summed E-state index contributed by atoms with van der Waals surface area (Å²) in [7, 11) is 0. The van der Waals surface area contributed by atoms with Gasteiger partial charge in [-0.25, -0.2) is 0 Å². The molecule has 0 aliphatic carbocycles. The van der Waals surface area contributed by atoms with E-state index in [2.05, 4.69) is 22.8 Å². The fraction of sp³-hybridized carbons (Fsp3) is 0.600. The van der Waals surface area contributed by atoms with Crippen LogP contribution in [0.2, 0.25) is 0 Å². The maximum atomic E-state index is 5.71. The molecular formula is C15H22N2O2. The molecule has 2 aliphatic heterocycles. The molecule has 4 nitrogen and oxygen atoms in total. The zero-order valence-electron chi connectivity index (χ0n) is 11.3. The summed E-state index contributed by atoms with van der Waals surface area (Å²) in [5, 5.41) is 6.96. The summed E-state index contributed by atoms with van der Waals surface area (Å²) < 4.78 is 11.4. The van der Waals surface area contributed by atoms with Crippen molar-refractivity contribution in [3.63, 3.8) is 0 Å². The van der Waals surface area contributed by atoms with Gasteiger partial charge in [0.15, 0.2) is 11.5 Å². The second-order valence-electron chi connectivity index (χ2n) is 5.23. The lowest BCUT2D eigenvalue weighted by molar-refractivity contribution is 0.297. The fourth-order valence-electron chi connectivity index (χ4n) is 2.61. The standard InChI is InChI=1S/C15H22N2O2/c1-8-18-14-3-2-12(10-15(14)19-9-1)4-7-17-13-5-6-16-11-13/h2-3,10,13,16-17H,1,4-9,11H2. The molecule has 0 bridgehead atoms. The lowest BCUT2D eigenvalue weighted by Crippen LogP contribution is -2.32. The van der Waals surface area contributed by atoms with E-state index >= 15 is 0 Å². The Kier molecular flexibility index (Phi) is 4.20. The number of fused-ring (bicyclic) bond motifs is 1. The highest BCUT2D eigenvalue weighted by Gasteiger charge is 2.13. The highest BCUT2D eigenvalue weighted by Crippen LogP contribution is 2.30. The Morgan fingerprint density at radius 1 is 1.21 bits per heavy atom. The third kappa shape index (κ3) is 3.39. The van der Waals surface area contributed by atoms with E-state index in [1.165, 1.54) is 12.0 Å². The third-order valence-corrected chi connectivity index (χ3v) is 3.72. The zero-order valence-corrected chi connectivity index (χ0v) is 11.3. The maximum absolute atomic E-state index is 5.71. The minimum Gasteiger partial charge on any atom is -0.490 e. The highest BCUT2D eigenvalue weighted by atomic mass is 16.5. The Hall–Kier alpha value is -1.26. The van der Waals surface area contributed by atoms with Gasteiger partial charge in [-0.15, -0.1) is 0 Å². The lowest BCUT2D eigenvalue weighted by Gasteiger charge is -2.12. The largest absolute Gasteiger partial charge is 0.490 e.